The fourth-order valence-electron chi connectivity index (χ4n) is 4.99. The van der Waals surface area contributed by atoms with Crippen molar-refractivity contribution in [3.63, 3.8) is 0 Å². The van der Waals surface area contributed by atoms with Gasteiger partial charge in [0.15, 0.2) is 0 Å². The molecule has 0 spiro atoms. The van der Waals surface area contributed by atoms with Crippen molar-refractivity contribution < 1.29 is 28.6 Å². The summed E-state index contributed by atoms with van der Waals surface area (Å²) in [6.45, 7) is 6.82. The Hall–Kier alpha value is -4.59. The SMILES string of the molecule is COC(=O)C=Cc1ccccc1Oc1ccccc1CCC(=O)N1CCN(C(=O)OC(C)(C)C)C[C@H]1Cc1ccccc1. The van der Waals surface area contributed by atoms with E-state index in [-0.39, 0.29) is 18.0 Å². The summed E-state index contributed by atoms with van der Waals surface area (Å²) >= 11 is 0. The Balaban J connectivity index is 1.47. The zero-order valence-electron chi connectivity index (χ0n) is 25.3. The zero-order chi connectivity index (χ0) is 30.8. The van der Waals surface area contributed by atoms with Gasteiger partial charge in [-0.2, -0.15) is 0 Å². The molecule has 1 saturated heterocycles. The highest BCUT2D eigenvalue weighted by Gasteiger charge is 2.34. The van der Waals surface area contributed by atoms with Crippen molar-refractivity contribution in [3.8, 4) is 11.5 Å². The van der Waals surface area contributed by atoms with E-state index in [4.69, 9.17) is 14.2 Å². The summed E-state index contributed by atoms with van der Waals surface area (Å²) in [7, 11) is 1.33. The molecule has 0 bridgehead atoms. The van der Waals surface area contributed by atoms with Crippen LogP contribution >= 0.6 is 0 Å². The third kappa shape index (κ3) is 9.20. The second-order valence-corrected chi connectivity index (χ2v) is 11.5. The number of carbonyl (C=O) groups is 3. The number of para-hydroxylation sites is 2. The van der Waals surface area contributed by atoms with Gasteiger partial charge in [0.1, 0.15) is 17.1 Å². The van der Waals surface area contributed by atoms with Crippen molar-refractivity contribution in [1.82, 2.24) is 9.80 Å². The molecule has 1 aliphatic heterocycles. The molecular formula is C35H40N2O6. The summed E-state index contributed by atoms with van der Waals surface area (Å²) in [6, 6.07) is 24.9. The number of esters is 1. The monoisotopic (exact) mass is 584 g/mol. The molecule has 1 aliphatic rings. The van der Waals surface area contributed by atoms with Gasteiger partial charge >= 0.3 is 12.1 Å². The van der Waals surface area contributed by atoms with Crippen LogP contribution in [-0.2, 0) is 31.9 Å². The van der Waals surface area contributed by atoms with E-state index in [1.165, 1.54) is 13.2 Å². The molecule has 1 heterocycles. The highest BCUT2D eigenvalue weighted by molar-refractivity contribution is 5.87. The van der Waals surface area contributed by atoms with Gasteiger partial charge in [-0.1, -0.05) is 66.7 Å². The molecular weight excluding hydrogens is 544 g/mol. The van der Waals surface area contributed by atoms with Crippen LogP contribution in [0.25, 0.3) is 6.08 Å². The average molecular weight is 585 g/mol. The van der Waals surface area contributed by atoms with E-state index in [0.29, 0.717) is 50.4 Å². The number of benzene rings is 3. The van der Waals surface area contributed by atoms with E-state index >= 15 is 0 Å². The van der Waals surface area contributed by atoms with Crippen LogP contribution in [0.1, 0.15) is 43.9 Å². The largest absolute Gasteiger partial charge is 0.466 e. The minimum atomic E-state index is -0.591. The summed E-state index contributed by atoms with van der Waals surface area (Å²) in [6.07, 6.45) is 4.06. The van der Waals surface area contributed by atoms with E-state index in [0.717, 1.165) is 16.7 Å². The van der Waals surface area contributed by atoms with Gasteiger partial charge in [0, 0.05) is 37.7 Å². The van der Waals surface area contributed by atoms with Gasteiger partial charge in [0.25, 0.3) is 0 Å². The fraction of sp³-hybridized carbons (Fsp3) is 0.343. The summed E-state index contributed by atoms with van der Waals surface area (Å²) in [5.41, 5.74) is 2.14. The lowest BCUT2D eigenvalue weighted by molar-refractivity contribution is -0.136. The molecule has 3 aromatic carbocycles. The van der Waals surface area contributed by atoms with Crippen LogP contribution in [0.5, 0.6) is 11.5 Å². The van der Waals surface area contributed by atoms with E-state index < -0.39 is 11.6 Å². The molecule has 2 amide bonds. The molecule has 226 valence electrons. The molecule has 1 atom stereocenters. The van der Waals surface area contributed by atoms with E-state index in [9.17, 15) is 14.4 Å². The van der Waals surface area contributed by atoms with Crippen molar-refractivity contribution in [2.24, 2.45) is 0 Å². The molecule has 0 saturated carbocycles. The number of aryl methyl sites for hydroxylation is 1. The molecule has 0 aromatic heterocycles. The van der Waals surface area contributed by atoms with Crippen LogP contribution in [0.15, 0.2) is 84.9 Å². The lowest BCUT2D eigenvalue weighted by atomic mass is 10.0. The Bertz CT molecular complexity index is 1430. The molecule has 0 unspecified atom stereocenters. The van der Waals surface area contributed by atoms with Crippen molar-refractivity contribution in [1.29, 1.82) is 0 Å². The van der Waals surface area contributed by atoms with Crippen LogP contribution in [0.2, 0.25) is 0 Å². The molecule has 8 nitrogen and oxygen atoms in total. The Morgan fingerprint density at radius 2 is 1.56 bits per heavy atom. The van der Waals surface area contributed by atoms with E-state index in [1.807, 2.05) is 105 Å². The summed E-state index contributed by atoms with van der Waals surface area (Å²) in [5, 5.41) is 0. The van der Waals surface area contributed by atoms with Crippen molar-refractivity contribution in [3.05, 3.63) is 102 Å². The van der Waals surface area contributed by atoms with Crippen molar-refractivity contribution >= 4 is 24.0 Å². The predicted octanol–water partition coefficient (Wildman–Crippen LogP) is 6.29. The number of carbonyl (C=O) groups excluding carboxylic acids is 3. The van der Waals surface area contributed by atoms with Crippen LogP contribution in [0, 0.1) is 0 Å². The lowest BCUT2D eigenvalue weighted by Gasteiger charge is -2.42. The van der Waals surface area contributed by atoms with Gasteiger partial charge in [-0.15, -0.1) is 0 Å². The van der Waals surface area contributed by atoms with Gasteiger partial charge in [0.05, 0.1) is 13.2 Å². The van der Waals surface area contributed by atoms with Crippen molar-refractivity contribution in [2.75, 3.05) is 26.7 Å². The van der Waals surface area contributed by atoms with Crippen molar-refractivity contribution in [2.45, 2.75) is 51.7 Å². The maximum Gasteiger partial charge on any atom is 0.410 e. The Morgan fingerprint density at radius 3 is 2.28 bits per heavy atom. The number of nitrogens with zero attached hydrogens (tertiary/aromatic N) is 2. The minimum absolute atomic E-state index is 0.0287. The van der Waals surface area contributed by atoms with Gasteiger partial charge in [-0.05, 0) is 62.9 Å². The lowest BCUT2D eigenvalue weighted by Crippen LogP contribution is -2.57. The summed E-state index contributed by atoms with van der Waals surface area (Å²) in [5.74, 6) is 0.805. The molecule has 1 fully saturated rings. The Kier molecular flexibility index (Phi) is 10.6. The highest BCUT2D eigenvalue weighted by atomic mass is 16.6. The smallest absolute Gasteiger partial charge is 0.410 e. The third-order valence-electron chi connectivity index (χ3n) is 7.09. The van der Waals surface area contributed by atoms with Crippen LogP contribution in [0.4, 0.5) is 4.79 Å². The topological polar surface area (TPSA) is 85.4 Å². The number of ether oxygens (including phenoxy) is 3. The molecule has 4 rings (SSSR count). The van der Waals surface area contributed by atoms with Crippen LogP contribution in [-0.4, -0.2) is 66.2 Å². The van der Waals surface area contributed by atoms with Crippen LogP contribution < -0.4 is 4.74 Å². The second-order valence-electron chi connectivity index (χ2n) is 11.5. The third-order valence-corrected chi connectivity index (χ3v) is 7.09. The fourth-order valence-corrected chi connectivity index (χ4v) is 4.99. The quantitative estimate of drug-likeness (QED) is 0.217. The standard InChI is InChI=1S/C35H40N2O6/c1-35(2,3)43-34(40)36-22-23-37(29(25-36)24-26-12-6-5-7-13-26)32(38)20-18-27-14-8-10-16-30(27)42-31-17-11-9-15-28(31)19-21-33(39)41-4/h5-17,19,21,29H,18,20,22-25H2,1-4H3/t29-/m1/s1. The number of methoxy groups -OCH3 is 1. The zero-order valence-corrected chi connectivity index (χ0v) is 25.3. The minimum Gasteiger partial charge on any atom is -0.466 e. The van der Waals surface area contributed by atoms with E-state index in [2.05, 4.69) is 0 Å². The van der Waals surface area contributed by atoms with Gasteiger partial charge in [0.2, 0.25) is 5.91 Å². The summed E-state index contributed by atoms with van der Waals surface area (Å²) in [4.78, 5) is 41.8. The highest BCUT2D eigenvalue weighted by Crippen LogP contribution is 2.30. The molecule has 0 aliphatic carbocycles. The average Bonchev–Trinajstić information content (AvgIpc) is 2.99. The maximum absolute atomic E-state index is 13.7. The first-order valence-electron chi connectivity index (χ1n) is 14.5. The normalized spacial score (nSPS) is 15.3. The maximum atomic E-state index is 13.7. The first-order chi connectivity index (χ1) is 20.6. The number of hydrogen-bond acceptors (Lipinski definition) is 6. The number of amides is 2. The molecule has 43 heavy (non-hydrogen) atoms. The van der Waals surface area contributed by atoms with Gasteiger partial charge in [-0.25, -0.2) is 9.59 Å². The first-order valence-corrected chi connectivity index (χ1v) is 14.5. The van der Waals surface area contributed by atoms with E-state index in [1.54, 1.807) is 11.0 Å². The molecule has 0 N–H and O–H groups in total. The Labute approximate surface area is 253 Å². The predicted molar refractivity (Wildman–Crippen MR) is 166 cm³/mol. The summed E-state index contributed by atoms with van der Waals surface area (Å²) < 4.78 is 16.6. The van der Waals surface area contributed by atoms with Crippen LogP contribution in [0.3, 0.4) is 0 Å². The number of rotatable bonds is 9. The van der Waals surface area contributed by atoms with Gasteiger partial charge < -0.3 is 24.0 Å². The Morgan fingerprint density at radius 1 is 0.884 bits per heavy atom. The molecule has 8 heteroatoms. The number of hydrogen-bond donors (Lipinski definition) is 0. The molecule has 0 radical (unpaired) electrons. The molecule has 3 aromatic rings. The van der Waals surface area contributed by atoms with Gasteiger partial charge in [-0.3, -0.25) is 4.79 Å². The first kappa shape index (κ1) is 31.3. The number of piperazine rings is 1. The second kappa shape index (κ2) is 14.5.